The van der Waals surface area contributed by atoms with Crippen molar-refractivity contribution in [2.75, 3.05) is 12.9 Å². The lowest BCUT2D eigenvalue weighted by molar-refractivity contribution is -0.120. The van der Waals surface area contributed by atoms with Crippen molar-refractivity contribution in [1.29, 1.82) is 0 Å². The Balaban J connectivity index is 1.75. The Labute approximate surface area is 153 Å². The number of nitrogens with one attached hydrogen (secondary N) is 1. The lowest BCUT2D eigenvalue weighted by Gasteiger charge is -2.04. The summed E-state index contributed by atoms with van der Waals surface area (Å²) in [5.74, 6) is 1.20. The van der Waals surface area contributed by atoms with E-state index in [-0.39, 0.29) is 12.5 Å². The van der Waals surface area contributed by atoms with E-state index < -0.39 is 5.97 Å². The fourth-order valence-corrected chi connectivity index (χ4v) is 3.13. The number of esters is 1. The van der Waals surface area contributed by atoms with Crippen LogP contribution in [0.2, 0.25) is 0 Å². The van der Waals surface area contributed by atoms with E-state index in [2.05, 4.69) is 26.0 Å². The van der Waals surface area contributed by atoms with Gasteiger partial charge in [0.1, 0.15) is 17.1 Å². The minimum absolute atomic E-state index is 0.0618. The van der Waals surface area contributed by atoms with Gasteiger partial charge in [-0.1, -0.05) is 15.9 Å². The number of rotatable bonds is 7. The van der Waals surface area contributed by atoms with Crippen molar-refractivity contribution in [3.63, 3.8) is 0 Å². The summed E-state index contributed by atoms with van der Waals surface area (Å²) in [7, 11) is 1.32. The summed E-state index contributed by atoms with van der Waals surface area (Å²) < 4.78 is 11.1. The number of aryl methyl sites for hydroxylation is 1. The minimum atomic E-state index is -0.445. The quantitative estimate of drug-likeness (QED) is 0.551. The van der Waals surface area contributed by atoms with Crippen molar-refractivity contribution in [2.24, 2.45) is 0 Å². The summed E-state index contributed by atoms with van der Waals surface area (Å²) in [6, 6.07) is 9.55. The first-order valence-corrected chi connectivity index (χ1v) is 9.10. The van der Waals surface area contributed by atoms with Crippen LogP contribution in [-0.2, 0) is 16.1 Å². The molecule has 0 aliphatic heterocycles. The van der Waals surface area contributed by atoms with Crippen LogP contribution >= 0.6 is 27.7 Å². The molecule has 1 heterocycles. The maximum atomic E-state index is 11.9. The molecule has 2 rings (SSSR count). The minimum Gasteiger partial charge on any atom is -0.465 e. The first-order chi connectivity index (χ1) is 11.5. The number of carbonyl (C=O) groups excluding carboxylic acids is 2. The van der Waals surface area contributed by atoms with Crippen LogP contribution in [0.4, 0.5) is 0 Å². The predicted octanol–water partition coefficient (Wildman–Crippen LogP) is 3.94. The summed E-state index contributed by atoms with van der Waals surface area (Å²) >= 11 is 5.01. The number of carbonyl (C=O) groups is 2. The summed E-state index contributed by atoms with van der Waals surface area (Å²) in [6.07, 6.45) is 0.407. The Morgan fingerprint density at radius 3 is 2.67 bits per heavy atom. The topological polar surface area (TPSA) is 68.5 Å². The SMILES string of the molecule is COC(=O)c1cc(CNC(=O)CCSc2ccc(Br)cc2)oc1C. The van der Waals surface area contributed by atoms with Gasteiger partial charge in [-0.25, -0.2) is 4.79 Å². The number of ether oxygens (including phenoxy) is 1. The van der Waals surface area contributed by atoms with E-state index >= 15 is 0 Å². The molecule has 0 saturated heterocycles. The van der Waals surface area contributed by atoms with Gasteiger partial charge in [-0.3, -0.25) is 4.79 Å². The highest BCUT2D eigenvalue weighted by molar-refractivity contribution is 9.10. The van der Waals surface area contributed by atoms with Gasteiger partial charge in [-0.2, -0.15) is 0 Å². The molecule has 24 heavy (non-hydrogen) atoms. The van der Waals surface area contributed by atoms with E-state index in [0.29, 0.717) is 29.3 Å². The van der Waals surface area contributed by atoms with Gasteiger partial charge in [0.05, 0.1) is 13.7 Å². The normalized spacial score (nSPS) is 10.5. The van der Waals surface area contributed by atoms with Crippen molar-refractivity contribution in [3.8, 4) is 0 Å². The molecule has 0 aliphatic carbocycles. The van der Waals surface area contributed by atoms with Gasteiger partial charge in [-0.15, -0.1) is 11.8 Å². The fourth-order valence-electron chi connectivity index (χ4n) is 2.01. The van der Waals surface area contributed by atoms with Gasteiger partial charge >= 0.3 is 5.97 Å². The third kappa shape index (κ3) is 5.42. The van der Waals surface area contributed by atoms with E-state index in [1.54, 1.807) is 24.8 Å². The Kier molecular flexibility index (Phi) is 6.93. The van der Waals surface area contributed by atoms with Gasteiger partial charge in [0, 0.05) is 21.5 Å². The maximum Gasteiger partial charge on any atom is 0.341 e. The molecule has 0 atom stereocenters. The van der Waals surface area contributed by atoms with Crippen molar-refractivity contribution in [2.45, 2.75) is 24.8 Å². The Hall–Kier alpha value is -1.73. The molecule has 1 aromatic heterocycles. The average molecular weight is 412 g/mol. The van der Waals surface area contributed by atoms with E-state index in [4.69, 9.17) is 4.42 Å². The van der Waals surface area contributed by atoms with E-state index in [1.807, 2.05) is 24.3 Å². The zero-order chi connectivity index (χ0) is 17.5. The van der Waals surface area contributed by atoms with Crippen molar-refractivity contribution < 1.29 is 18.7 Å². The van der Waals surface area contributed by atoms with Crippen molar-refractivity contribution in [1.82, 2.24) is 5.32 Å². The molecule has 0 spiro atoms. The lowest BCUT2D eigenvalue weighted by Crippen LogP contribution is -2.22. The van der Waals surface area contributed by atoms with Gasteiger partial charge in [0.15, 0.2) is 0 Å². The molecule has 0 saturated carbocycles. The van der Waals surface area contributed by atoms with Crippen LogP contribution < -0.4 is 5.32 Å². The van der Waals surface area contributed by atoms with E-state index in [1.165, 1.54) is 7.11 Å². The van der Waals surface area contributed by atoms with Crippen LogP contribution in [-0.4, -0.2) is 24.7 Å². The van der Waals surface area contributed by atoms with Crippen LogP contribution in [0.3, 0.4) is 0 Å². The summed E-state index contributed by atoms with van der Waals surface area (Å²) in [5.41, 5.74) is 0.382. The molecule has 2 aromatic rings. The summed E-state index contributed by atoms with van der Waals surface area (Å²) in [6.45, 7) is 1.94. The molecule has 0 unspecified atom stereocenters. The number of amides is 1. The zero-order valence-electron chi connectivity index (χ0n) is 13.4. The largest absolute Gasteiger partial charge is 0.465 e. The number of hydrogen-bond donors (Lipinski definition) is 1. The first kappa shape index (κ1) is 18.6. The lowest BCUT2D eigenvalue weighted by atomic mass is 10.2. The second-order valence-electron chi connectivity index (χ2n) is 5.00. The number of furan rings is 1. The van der Waals surface area contributed by atoms with Crippen molar-refractivity contribution in [3.05, 3.63) is 51.9 Å². The van der Waals surface area contributed by atoms with Gasteiger partial charge in [0.25, 0.3) is 0 Å². The predicted molar refractivity (Wildman–Crippen MR) is 96.1 cm³/mol. The Morgan fingerprint density at radius 1 is 1.29 bits per heavy atom. The molecule has 7 heteroatoms. The third-order valence-electron chi connectivity index (χ3n) is 3.25. The Morgan fingerprint density at radius 2 is 2.00 bits per heavy atom. The average Bonchev–Trinajstić information content (AvgIpc) is 2.95. The van der Waals surface area contributed by atoms with Crippen LogP contribution in [0.15, 0.2) is 44.1 Å². The molecule has 0 radical (unpaired) electrons. The number of benzene rings is 1. The standard InChI is InChI=1S/C17H18BrNO4S/c1-11-15(17(21)22-2)9-13(23-11)10-19-16(20)7-8-24-14-5-3-12(18)4-6-14/h3-6,9H,7-8,10H2,1-2H3,(H,19,20). The van der Waals surface area contributed by atoms with Gasteiger partial charge in [-0.05, 0) is 37.3 Å². The first-order valence-electron chi connectivity index (χ1n) is 7.32. The van der Waals surface area contributed by atoms with Crippen LogP contribution in [0, 0.1) is 6.92 Å². The Bertz CT molecular complexity index is 712. The molecule has 0 fully saturated rings. The number of thioether (sulfide) groups is 1. The van der Waals surface area contributed by atoms with Gasteiger partial charge in [0.2, 0.25) is 5.91 Å². The van der Waals surface area contributed by atoms with E-state index in [0.717, 1.165) is 9.37 Å². The molecular weight excluding hydrogens is 394 g/mol. The number of methoxy groups -OCH3 is 1. The summed E-state index contributed by atoms with van der Waals surface area (Å²) in [5, 5.41) is 2.79. The van der Waals surface area contributed by atoms with E-state index in [9.17, 15) is 9.59 Å². The molecule has 128 valence electrons. The summed E-state index contributed by atoms with van der Waals surface area (Å²) in [4.78, 5) is 24.5. The second-order valence-corrected chi connectivity index (χ2v) is 7.09. The maximum absolute atomic E-state index is 11.9. The second kappa shape index (κ2) is 8.94. The van der Waals surface area contributed by atoms with Crippen LogP contribution in [0.1, 0.15) is 28.3 Å². The van der Waals surface area contributed by atoms with Gasteiger partial charge < -0.3 is 14.5 Å². The van der Waals surface area contributed by atoms with Crippen molar-refractivity contribution >= 4 is 39.6 Å². The molecule has 0 aliphatic rings. The molecule has 5 nitrogen and oxygen atoms in total. The molecule has 1 aromatic carbocycles. The zero-order valence-corrected chi connectivity index (χ0v) is 15.8. The van der Waals surface area contributed by atoms with Crippen LogP contribution in [0.25, 0.3) is 0 Å². The molecule has 0 bridgehead atoms. The smallest absolute Gasteiger partial charge is 0.341 e. The number of hydrogen-bond acceptors (Lipinski definition) is 5. The van der Waals surface area contributed by atoms with Crippen LogP contribution in [0.5, 0.6) is 0 Å². The molecule has 1 N–H and O–H groups in total. The fraction of sp³-hybridized carbons (Fsp3) is 0.294. The monoisotopic (exact) mass is 411 g/mol. The third-order valence-corrected chi connectivity index (χ3v) is 4.79. The highest BCUT2D eigenvalue weighted by Crippen LogP contribution is 2.21. The highest BCUT2D eigenvalue weighted by Gasteiger charge is 2.15. The molecule has 1 amide bonds. The molecular formula is C17H18BrNO4S. The number of halogens is 1. The highest BCUT2D eigenvalue weighted by atomic mass is 79.9.